The fourth-order valence-corrected chi connectivity index (χ4v) is 4.26. The van der Waals surface area contributed by atoms with Crippen LogP contribution in [0.4, 0.5) is 0 Å². The number of hydrogen-bond donors (Lipinski definition) is 2. The second-order valence-electron chi connectivity index (χ2n) is 7.55. The summed E-state index contributed by atoms with van der Waals surface area (Å²) >= 11 is 1.53. The van der Waals surface area contributed by atoms with Crippen LogP contribution in [0.15, 0.2) is 41.8 Å². The van der Waals surface area contributed by atoms with Crippen LogP contribution in [0.2, 0.25) is 0 Å². The number of aromatic nitrogens is 3. The Kier molecular flexibility index (Phi) is 5.91. The van der Waals surface area contributed by atoms with Crippen molar-refractivity contribution in [1.29, 1.82) is 0 Å². The number of hydrogen-bond acceptors (Lipinski definition) is 6. The van der Waals surface area contributed by atoms with Gasteiger partial charge in [-0.25, -0.2) is 4.98 Å². The van der Waals surface area contributed by atoms with Crippen LogP contribution in [-0.2, 0) is 11.8 Å². The summed E-state index contributed by atoms with van der Waals surface area (Å²) in [7, 11) is 1.79. The number of benzene rings is 1. The maximum absolute atomic E-state index is 13.0. The number of aryl methyl sites for hydroxylation is 4. The number of fused-ring (bicyclic) bond motifs is 1. The third-order valence-corrected chi connectivity index (χ3v) is 5.76. The average Bonchev–Trinajstić information content (AvgIpc) is 3.38. The van der Waals surface area contributed by atoms with Crippen molar-refractivity contribution in [2.75, 3.05) is 6.61 Å². The highest BCUT2D eigenvalue weighted by atomic mass is 32.1. The Morgan fingerprint density at radius 3 is 2.53 bits per heavy atom. The molecule has 0 fully saturated rings. The molecule has 8 nitrogen and oxygen atoms in total. The Labute approximate surface area is 189 Å². The molecule has 4 rings (SSSR count). The zero-order chi connectivity index (χ0) is 22.8. The molecule has 3 aromatic heterocycles. The quantitative estimate of drug-likeness (QED) is 0.455. The van der Waals surface area contributed by atoms with Crippen molar-refractivity contribution in [2.45, 2.75) is 20.8 Å². The van der Waals surface area contributed by atoms with Crippen molar-refractivity contribution in [3.63, 3.8) is 0 Å². The monoisotopic (exact) mass is 449 g/mol. The van der Waals surface area contributed by atoms with E-state index in [1.165, 1.54) is 11.3 Å². The standard InChI is InChI=1S/C23H23N5O3S/c1-13-8-14(2)10-16(9-13)31-12-20(29)25-26-23(30)17-11-18(19-6-5-7-32-19)24-22-21(17)15(3)27-28(22)4/h5-11H,12H2,1-4H3,(H,25,29)(H,26,30). The van der Waals surface area contributed by atoms with E-state index >= 15 is 0 Å². The van der Waals surface area contributed by atoms with E-state index in [2.05, 4.69) is 20.9 Å². The van der Waals surface area contributed by atoms with Crippen molar-refractivity contribution in [2.24, 2.45) is 7.05 Å². The van der Waals surface area contributed by atoms with Crippen LogP contribution in [0, 0.1) is 20.8 Å². The number of thiophene rings is 1. The second-order valence-corrected chi connectivity index (χ2v) is 8.50. The Morgan fingerprint density at radius 1 is 1.09 bits per heavy atom. The van der Waals surface area contributed by atoms with Gasteiger partial charge in [0, 0.05) is 7.05 Å². The molecular formula is C23H23N5O3S. The van der Waals surface area contributed by atoms with Gasteiger partial charge in [0.25, 0.3) is 11.8 Å². The lowest BCUT2D eigenvalue weighted by Crippen LogP contribution is -2.44. The highest BCUT2D eigenvalue weighted by Crippen LogP contribution is 2.29. The number of hydrazine groups is 1. The number of rotatable bonds is 5. The number of amides is 2. The van der Waals surface area contributed by atoms with E-state index in [0.29, 0.717) is 33.7 Å². The number of pyridine rings is 1. The molecule has 0 bridgehead atoms. The molecule has 2 N–H and O–H groups in total. The minimum atomic E-state index is -0.468. The predicted molar refractivity (Wildman–Crippen MR) is 124 cm³/mol. The second kappa shape index (κ2) is 8.80. The first-order valence-corrected chi connectivity index (χ1v) is 10.9. The van der Waals surface area contributed by atoms with Gasteiger partial charge in [0.05, 0.1) is 27.2 Å². The molecule has 164 valence electrons. The summed E-state index contributed by atoms with van der Waals surface area (Å²) in [4.78, 5) is 30.8. The molecule has 1 aromatic carbocycles. The topological polar surface area (TPSA) is 98.1 Å². The maximum atomic E-state index is 13.0. The van der Waals surface area contributed by atoms with Crippen molar-refractivity contribution in [3.05, 3.63) is 64.2 Å². The molecule has 0 radical (unpaired) electrons. The number of carbonyl (C=O) groups excluding carboxylic acids is 2. The first kappa shape index (κ1) is 21.5. The molecule has 0 spiro atoms. The van der Waals surface area contributed by atoms with Gasteiger partial charge < -0.3 is 4.74 Å². The molecule has 0 aliphatic heterocycles. The van der Waals surface area contributed by atoms with Gasteiger partial charge in [0.2, 0.25) is 0 Å². The lowest BCUT2D eigenvalue weighted by Gasteiger charge is -2.11. The lowest BCUT2D eigenvalue weighted by atomic mass is 10.1. The summed E-state index contributed by atoms with van der Waals surface area (Å²) in [6.07, 6.45) is 0. The van der Waals surface area contributed by atoms with Crippen molar-refractivity contribution in [3.8, 4) is 16.3 Å². The fourth-order valence-electron chi connectivity index (χ4n) is 3.57. The molecule has 4 aromatic rings. The molecule has 2 amide bonds. The smallest absolute Gasteiger partial charge is 0.276 e. The number of nitrogens with zero attached hydrogens (tertiary/aromatic N) is 3. The largest absolute Gasteiger partial charge is 0.484 e. The van der Waals surface area contributed by atoms with Gasteiger partial charge in [-0.3, -0.25) is 25.1 Å². The minimum Gasteiger partial charge on any atom is -0.484 e. The van der Waals surface area contributed by atoms with Crippen LogP contribution in [0.25, 0.3) is 21.6 Å². The average molecular weight is 450 g/mol. The molecule has 9 heteroatoms. The lowest BCUT2D eigenvalue weighted by molar-refractivity contribution is -0.123. The zero-order valence-electron chi connectivity index (χ0n) is 18.2. The van der Waals surface area contributed by atoms with E-state index < -0.39 is 11.8 Å². The third-order valence-electron chi connectivity index (χ3n) is 4.87. The highest BCUT2D eigenvalue weighted by molar-refractivity contribution is 7.13. The molecule has 32 heavy (non-hydrogen) atoms. The van der Waals surface area contributed by atoms with Gasteiger partial charge in [0.15, 0.2) is 12.3 Å². The third kappa shape index (κ3) is 4.47. The molecule has 0 unspecified atom stereocenters. The van der Waals surface area contributed by atoms with Crippen molar-refractivity contribution in [1.82, 2.24) is 25.6 Å². The molecule has 0 saturated carbocycles. The van der Waals surface area contributed by atoms with Crippen molar-refractivity contribution < 1.29 is 14.3 Å². The Bertz CT molecular complexity index is 1290. The van der Waals surface area contributed by atoms with Gasteiger partial charge in [-0.05, 0) is 61.5 Å². The van der Waals surface area contributed by atoms with E-state index in [-0.39, 0.29) is 6.61 Å². The summed E-state index contributed by atoms with van der Waals surface area (Å²) in [5, 5.41) is 6.99. The van der Waals surface area contributed by atoms with E-state index in [9.17, 15) is 9.59 Å². The first-order chi connectivity index (χ1) is 15.3. The normalized spacial score (nSPS) is 10.9. The van der Waals surface area contributed by atoms with Gasteiger partial charge in [-0.1, -0.05) is 12.1 Å². The minimum absolute atomic E-state index is 0.221. The van der Waals surface area contributed by atoms with Crippen LogP contribution in [0.3, 0.4) is 0 Å². The molecule has 3 heterocycles. The van der Waals surface area contributed by atoms with Crippen LogP contribution in [0.5, 0.6) is 5.75 Å². The Morgan fingerprint density at radius 2 is 1.84 bits per heavy atom. The fraction of sp³-hybridized carbons (Fsp3) is 0.217. The number of carbonyl (C=O) groups is 2. The van der Waals surface area contributed by atoms with E-state index in [1.54, 1.807) is 17.8 Å². The van der Waals surface area contributed by atoms with Crippen LogP contribution in [-0.4, -0.2) is 33.2 Å². The molecular weight excluding hydrogens is 426 g/mol. The maximum Gasteiger partial charge on any atom is 0.276 e. The Balaban J connectivity index is 1.50. The van der Waals surface area contributed by atoms with Crippen LogP contribution < -0.4 is 15.6 Å². The van der Waals surface area contributed by atoms with Crippen molar-refractivity contribution >= 4 is 34.2 Å². The predicted octanol–water partition coefficient (Wildman–Crippen LogP) is 3.46. The highest BCUT2D eigenvalue weighted by Gasteiger charge is 2.20. The van der Waals surface area contributed by atoms with Gasteiger partial charge in [-0.2, -0.15) is 5.10 Å². The summed E-state index contributed by atoms with van der Waals surface area (Å²) < 4.78 is 7.19. The number of nitrogens with one attached hydrogen (secondary N) is 2. The van der Waals surface area contributed by atoms with Gasteiger partial charge in [0.1, 0.15) is 5.75 Å². The molecule has 0 aliphatic rings. The van der Waals surface area contributed by atoms with Gasteiger partial charge in [-0.15, -0.1) is 11.3 Å². The summed E-state index contributed by atoms with van der Waals surface area (Å²) in [5.74, 6) is -0.318. The van der Waals surface area contributed by atoms with Crippen LogP contribution in [0.1, 0.15) is 27.2 Å². The molecule has 0 atom stereocenters. The summed E-state index contributed by atoms with van der Waals surface area (Å²) in [6, 6.07) is 11.3. The van der Waals surface area contributed by atoms with Gasteiger partial charge >= 0.3 is 0 Å². The van der Waals surface area contributed by atoms with E-state index in [1.807, 2.05) is 56.5 Å². The Hall–Kier alpha value is -3.72. The molecule has 0 aliphatic carbocycles. The first-order valence-electron chi connectivity index (χ1n) is 10.0. The zero-order valence-corrected chi connectivity index (χ0v) is 19.0. The molecule has 0 saturated heterocycles. The van der Waals surface area contributed by atoms with E-state index in [0.717, 1.165) is 16.0 Å². The van der Waals surface area contributed by atoms with E-state index in [4.69, 9.17) is 4.74 Å². The number of ether oxygens (including phenoxy) is 1. The summed E-state index contributed by atoms with van der Waals surface area (Å²) in [6.45, 7) is 5.52. The SMILES string of the molecule is Cc1cc(C)cc(OCC(=O)NNC(=O)c2cc(-c3cccs3)nc3c2c(C)nn3C)c1. The summed E-state index contributed by atoms with van der Waals surface area (Å²) in [5.41, 5.74) is 9.33. The van der Waals surface area contributed by atoms with Crippen LogP contribution >= 0.6 is 11.3 Å².